The van der Waals surface area contributed by atoms with Crippen LogP contribution in [0.3, 0.4) is 0 Å². The van der Waals surface area contributed by atoms with Crippen molar-refractivity contribution in [2.45, 2.75) is 6.61 Å². The summed E-state index contributed by atoms with van der Waals surface area (Å²) in [5, 5.41) is 8.85. The molecule has 0 aromatic heterocycles. The third kappa shape index (κ3) is 2.88. The smallest absolute Gasteiger partial charge is 0.338 e. The fourth-order valence-electron chi connectivity index (χ4n) is 1.74. The van der Waals surface area contributed by atoms with E-state index in [-0.39, 0.29) is 18.1 Å². The van der Waals surface area contributed by atoms with Gasteiger partial charge in [0.25, 0.3) is 0 Å². The van der Waals surface area contributed by atoms with Crippen molar-refractivity contribution in [3.8, 4) is 11.5 Å². The van der Waals surface area contributed by atoms with E-state index in [1.807, 2.05) is 30.3 Å². The first-order valence-corrected chi connectivity index (χ1v) is 5.90. The molecule has 0 radical (unpaired) electrons. The lowest BCUT2D eigenvalue weighted by molar-refractivity contribution is 0.0691. The molecule has 20 heavy (non-hydrogen) atoms. The van der Waals surface area contributed by atoms with Crippen LogP contribution in [0.1, 0.15) is 15.9 Å². The quantitative estimate of drug-likeness (QED) is 0.911. The molecule has 0 unspecified atom stereocenters. The monoisotopic (exact) mass is 276 g/mol. The maximum absolute atomic E-state index is 13.9. The molecule has 0 spiro atoms. The Bertz CT molecular complexity index is 611. The number of aromatic carboxylic acids is 1. The van der Waals surface area contributed by atoms with Gasteiger partial charge in [-0.2, -0.15) is 0 Å². The van der Waals surface area contributed by atoms with Gasteiger partial charge in [0.1, 0.15) is 6.61 Å². The molecular weight excluding hydrogens is 263 g/mol. The summed E-state index contributed by atoms with van der Waals surface area (Å²) in [6.07, 6.45) is 0. The molecule has 4 nitrogen and oxygen atoms in total. The number of benzene rings is 2. The van der Waals surface area contributed by atoms with Crippen LogP contribution in [0.5, 0.6) is 11.5 Å². The largest absolute Gasteiger partial charge is 0.490 e. The summed E-state index contributed by atoms with van der Waals surface area (Å²) < 4.78 is 24.3. The molecule has 2 aromatic rings. The summed E-state index contributed by atoms with van der Waals surface area (Å²) in [5.74, 6) is -2.33. The molecule has 0 aliphatic rings. The Kier molecular flexibility index (Phi) is 4.20. The van der Waals surface area contributed by atoms with Crippen molar-refractivity contribution in [3.63, 3.8) is 0 Å². The van der Waals surface area contributed by atoms with E-state index in [1.54, 1.807) is 0 Å². The van der Waals surface area contributed by atoms with E-state index in [0.29, 0.717) is 0 Å². The van der Waals surface area contributed by atoms with Crippen LogP contribution in [0.4, 0.5) is 4.39 Å². The summed E-state index contributed by atoms with van der Waals surface area (Å²) in [7, 11) is 1.26. The van der Waals surface area contributed by atoms with E-state index in [9.17, 15) is 9.18 Å². The van der Waals surface area contributed by atoms with Crippen LogP contribution in [0.25, 0.3) is 0 Å². The first kappa shape index (κ1) is 13.9. The third-order valence-electron chi connectivity index (χ3n) is 2.73. The van der Waals surface area contributed by atoms with Crippen molar-refractivity contribution in [2.24, 2.45) is 0 Å². The maximum atomic E-state index is 13.9. The molecule has 2 rings (SSSR count). The van der Waals surface area contributed by atoms with Crippen molar-refractivity contribution in [1.29, 1.82) is 0 Å². The average Bonchev–Trinajstić information content (AvgIpc) is 2.45. The summed E-state index contributed by atoms with van der Waals surface area (Å²) in [5.41, 5.74) is 0.464. The van der Waals surface area contributed by atoms with Crippen molar-refractivity contribution in [2.75, 3.05) is 7.11 Å². The van der Waals surface area contributed by atoms with Gasteiger partial charge in [0.2, 0.25) is 0 Å². The van der Waals surface area contributed by atoms with Gasteiger partial charge in [-0.1, -0.05) is 30.3 Å². The zero-order valence-corrected chi connectivity index (χ0v) is 10.8. The second kappa shape index (κ2) is 6.06. The number of rotatable bonds is 5. The Morgan fingerprint density at radius 2 is 1.90 bits per heavy atom. The topological polar surface area (TPSA) is 55.8 Å². The van der Waals surface area contributed by atoms with Gasteiger partial charge in [0.05, 0.1) is 12.7 Å². The normalized spacial score (nSPS) is 10.1. The minimum Gasteiger partial charge on any atom is -0.490 e. The van der Waals surface area contributed by atoms with Gasteiger partial charge in [-0.15, -0.1) is 0 Å². The molecule has 0 aliphatic carbocycles. The highest BCUT2D eigenvalue weighted by molar-refractivity contribution is 5.88. The van der Waals surface area contributed by atoms with Gasteiger partial charge in [-0.3, -0.25) is 0 Å². The van der Waals surface area contributed by atoms with E-state index < -0.39 is 17.3 Å². The van der Waals surface area contributed by atoms with Gasteiger partial charge in [-0.05, 0) is 17.7 Å². The minimum atomic E-state index is -1.35. The molecule has 0 heterocycles. The molecule has 1 N–H and O–H groups in total. The second-order valence-electron chi connectivity index (χ2n) is 4.04. The molecule has 104 valence electrons. The van der Waals surface area contributed by atoms with E-state index in [4.69, 9.17) is 14.6 Å². The lowest BCUT2D eigenvalue weighted by Gasteiger charge is -2.12. The predicted octanol–water partition coefficient (Wildman–Crippen LogP) is 3.11. The van der Waals surface area contributed by atoms with Gasteiger partial charge in [-0.25, -0.2) is 9.18 Å². The van der Waals surface area contributed by atoms with Crippen molar-refractivity contribution in [3.05, 3.63) is 59.4 Å². The summed E-state index contributed by atoms with van der Waals surface area (Å²) in [4.78, 5) is 10.8. The molecule has 0 aliphatic heterocycles. The number of methoxy groups -OCH3 is 1. The minimum absolute atomic E-state index is 0.166. The standard InChI is InChI=1S/C15H13FO4/c1-19-14-12(8-7-11(13(14)16)15(17)18)20-9-10-5-3-2-4-6-10/h2-8H,9H2,1H3,(H,17,18). The highest BCUT2D eigenvalue weighted by atomic mass is 19.1. The fraction of sp³-hybridized carbons (Fsp3) is 0.133. The number of carboxylic acids is 1. The van der Waals surface area contributed by atoms with Gasteiger partial charge < -0.3 is 14.6 Å². The number of carbonyl (C=O) groups is 1. The van der Waals surface area contributed by atoms with Crippen molar-refractivity contribution in [1.82, 2.24) is 0 Å². The first-order chi connectivity index (χ1) is 9.63. The van der Waals surface area contributed by atoms with E-state index in [1.165, 1.54) is 13.2 Å². The van der Waals surface area contributed by atoms with Crippen LogP contribution < -0.4 is 9.47 Å². The molecule has 0 amide bonds. The van der Waals surface area contributed by atoms with Gasteiger partial charge in [0, 0.05) is 0 Å². The van der Waals surface area contributed by atoms with E-state index >= 15 is 0 Å². The lowest BCUT2D eigenvalue weighted by atomic mass is 10.2. The van der Waals surface area contributed by atoms with Crippen LogP contribution in [0.15, 0.2) is 42.5 Å². The fourth-order valence-corrected chi connectivity index (χ4v) is 1.74. The Morgan fingerprint density at radius 3 is 2.50 bits per heavy atom. The van der Waals surface area contributed by atoms with Gasteiger partial charge >= 0.3 is 5.97 Å². The van der Waals surface area contributed by atoms with Crippen LogP contribution in [-0.2, 0) is 6.61 Å². The Balaban J connectivity index is 2.24. The number of hydrogen-bond acceptors (Lipinski definition) is 3. The molecule has 0 fully saturated rings. The lowest BCUT2D eigenvalue weighted by Crippen LogP contribution is -2.05. The number of hydrogen-bond donors (Lipinski definition) is 1. The molecular formula is C15H13FO4. The summed E-state index contributed by atoms with van der Waals surface area (Å²) in [6.45, 7) is 0.239. The maximum Gasteiger partial charge on any atom is 0.338 e. The van der Waals surface area contributed by atoms with Crippen LogP contribution in [0.2, 0.25) is 0 Å². The van der Waals surface area contributed by atoms with E-state index in [2.05, 4.69) is 0 Å². The summed E-state index contributed by atoms with van der Waals surface area (Å²) >= 11 is 0. The Hall–Kier alpha value is -2.56. The second-order valence-corrected chi connectivity index (χ2v) is 4.04. The SMILES string of the molecule is COc1c(OCc2ccccc2)ccc(C(=O)O)c1F. The molecule has 5 heteroatoms. The first-order valence-electron chi connectivity index (χ1n) is 5.90. The van der Waals surface area contributed by atoms with Crippen LogP contribution in [0, 0.1) is 5.82 Å². The zero-order chi connectivity index (χ0) is 14.5. The average molecular weight is 276 g/mol. The Labute approximate surface area is 115 Å². The predicted molar refractivity (Wildman–Crippen MR) is 70.7 cm³/mol. The summed E-state index contributed by atoms with van der Waals surface area (Å²) in [6, 6.07) is 11.9. The number of ether oxygens (including phenoxy) is 2. The highest BCUT2D eigenvalue weighted by Crippen LogP contribution is 2.32. The van der Waals surface area contributed by atoms with E-state index in [0.717, 1.165) is 11.6 Å². The zero-order valence-electron chi connectivity index (χ0n) is 10.8. The van der Waals surface area contributed by atoms with Crippen LogP contribution >= 0.6 is 0 Å². The molecule has 0 saturated heterocycles. The molecule has 0 saturated carbocycles. The molecule has 0 atom stereocenters. The molecule has 2 aromatic carbocycles. The number of carboxylic acid groups (broad SMARTS) is 1. The van der Waals surface area contributed by atoms with Crippen molar-refractivity contribution < 1.29 is 23.8 Å². The highest BCUT2D eigenvalue weighted by Gasteiger charge is 2.19. The Morgan fingerprint density at radius 1 is 1.20 bits per heavy atom. The number of halogens is 1. The third-order valence-corrected chi connectivity index (χ3v) is 2.73. The van der Waals surface area contributed by atoms with Gasteiger partial charge in [0.15, 0.2) is 17.3 Å². The van der Waals surface area contributed by atoms with Crippen LogP contribution in [-0.4, -0.2) is 18.2 Å². The van der Waals surface area contributed by atoms with Crippen molar-refractivity contribution >= 4 is 5.97 Å². The molecule has 0 bridgehead atoms.